The van der Waals surface area contributed by atoms with Gasteiger partial charge in [-0.25, -0.2) is 8.78 Å². The smallest absolute Gasteiger partial charge is 0.221 e. The van der Waals surface area contributed by atoms with Gasteiger partial charge in [0.15, 0.2) is 0 Å². The van der Waals surface area contributed by atoms with Gasteiger partial charge in [0.05, 0.1) is 6.42 Å². The molecule has 92 valence electrons. The molecule has 0 aliphatic heterocycles. The number of carbonyl (C=O) groups is 1. The third-order valence-corrected chi connectivity index (χ3v) is 2.58. The van der Waals surface area contributed by atoms with Gasteiger partial charge in [0, 0.05) is 5.56 Å². The van der Waals surface area contributed by atoms with Gasteiger partial charge in [-0.3, -0.25) is 4.79 Å². The van der Waals surface area contributed by atoms with Crippen molar-refractivity contribution in [2.75, 3.05) is 0 Å². The quantitative estimate of drug-likeness (QED) is 0.890. The number of nitrogens with two attached hydrogens (primary N) is 1. The van der Waals surface area contributed by atoms with E-state index in [2.05, 4.69) is 0 Å². The van der Waals surface area contributed by atoms with Crippen LogP contribution in [0.5, 0.6) is 0 Å². The fraction of sp³-hybridized carbons (Fsp3) is 0.0714. The summed E-state index contributed by atoms with van der Waals surface area (Å²) in [6, 6.07) is 9.95. The molecule has 0 saturated heterocycles. The van der Waals surface area contributed by atoms with Gasteiger partial charge in [-0.05, 0) is 29.3 Å². The highest BCUT2D eigenvalue weighted by Crippen LogP contribution is 2.27. The van der Waals surface area contributed by atoms with Gasteiger partial charge < -0.3 is 5.73 Å². The Bertz CT molecular complexity index is 596. The van der Waals surface area contributed by atoms with Crippen LogP contribution in [0.4, 0.5) is 8.78 Å². The monoisotopic (exact) mass is 247 g/mol. The summed E-state index contributed by atoms with van der Waals surface area (Å²) >= 11 is 0. The predicted octanol–water partition coefficient (Wildman–Crippen LogP) is 2.66. The number of hydrogen-bond acceptors (Lipinski definition) is 1. The molecule has 0 radical (unpaired) electrons. The Kier molecular flexibility index (Phi) is 3.37. The lowest BCUT2D eigenvalue weighted by Crippen LogP contribution is -2.14. The number of hydrogen-bond donors (Lipinski definition) is 1. The molecule has 2 nitrogen and oxygen atoms in total. The van der Waals surface area contributed by atoms with Gasteiger partial charge in [0.2, 0.25) is 5.91 Å². The third-order valence-electron chi connectivity index (χ3n) is 2.58. The minimum absolute atomic E-state index is 0.0798. The van der Waals surface area contributed by atoms with Crippen molar-refractivity contribution < 1.29 is 13.6 Å². The van der Waals surface area contributed by atoms with Crippen molar-refractivity contribution >= 4 is 5.91 Å². The van der Waals surface area contributed by atoms with E-state index >= 15 is 0 Å². The molecule has 0 heterocycles. The van der Waals surface area contributed by atoms with E-state index in [-0.39, 0.29) is 12.0 Å². The molecular weight excluding hydrogens is 236 g/mol. The summed E-state index contributed by atoms with van der Waals surface area (Å²) < 4.78 is 27.0. The minimum Gasteiger partial charge on any atom is -0.369 e. The zero-order chi connectivity index (χ0) is 13.1. The van der Waals surface area contributed by atoms with Crippen LogP contribution in [0.2, 0.25) is 0 Å². The van der Waals surface area contributed by atoms with E-state index in [1.54, 1.807) is 12.1 Å². The number of amides is 1. The van der Waals surface area contributed by atoms with E-state index < -0.39 is 17.5 Å². The summed E-state index contributed by atoms with van der Waals surface area (Å²) in [6.07, 6.45) is -0.0798. The molecule has 2 N–H and O–H groups in total. The van der Waals surface area contributed by atoms with Crippen molar-refractivity contribution in [2.24, 2.45) is 5.73 Å². The van der Waals surface area contributed by atoms with Crippen LogP contribution >= 0.6 is 0 Å². The lowest BCUT2D eigenvalue weighted by Gasteiger charge is -2.09. The maximum atomic E-state index is 13.8. The largest absolute Gasteiger partial charge is 0.369 e. The summed E-state index contributed by atoms with van der Waals surface area (Å²) in [5, 5.41) is 0. The lowest BCUT2D eigenvalue weighted by molar-refractivity contribution is -0.117. The summed E-state index contributed by atoms with van der Waals surface area (Å²) in [6.45, 7) is 0. The van der Waals surface area contributed by atoms with E-state index in [0.717, 1.165) is 0 Å². The highest BCUT2D eigenvalue weighted by molar-refractivity contribution is 5.80. The van der Waals surface area contributed by atoms with Gasteiger partial charge in [0.1, 0.15) is 11.6 Å². The van der Waals surface area contributed by atoms with Crippen molar-refractivity contribution in [1.29, 1.82) is 0 Å². The Morgan fingerprint density at radius 2 is 1.83 bits per heavy atom. The molecule has 0 aliphatic carbocycles. The van der Waals surface area contributed by atoms with Gasteiger partial charge in [-0.1, -0.05) is 24.3 Å². The zero-order valence-electron chi connectivity index (χ0n) is 9.49. The molecule has 0 fully saturated rings. The van der Waals surface area contributed by atoms with Crippen LogP contribution in [0, 0.1) is 11.6 Å². The molecule has 4 heteroatoms. The first-order chi connectivity index (χ1) is 8.58. The van der Waals surface area contributed by atoms with Crippen molar-refractivity contribution in [3.05, 3.63) is 59.7 Å². The summed E-state index contributed by atoms with van der Waals surface area (Å²) in [5.41, 5.74) is 6.18. The van der Waals surface area contributed by atoms with Crippen LogP contribution in [0.25, 0.3) is 11.1 Å². The van der Waals surface area contributed by atoms with Gasteiger partial charge in [0.25, 0.3) is 0 Å². The van der Waals surface area contributed by atoms with Gasteiger partial charge in [-0.15, -0.1) is 0 Å². The SMILES string of the molecule is NC(=O)Cc1cccc(F)c1-c1cccc(F)c1. The number of rotatable bonds is 3. The standard InChI is InChI=1S/C14H11F2NO/c15-11-5-1-3-9(7-11)14-10(8-13(17)18)4-2-6-12(14)16/h1-7H,8H2,(H2,17,18). The van der Waals surface area contributed by atoms with Crippen LogP contribution in [0.15, 0.2) is 42.5 Å². The molecule has 2 aromatic rings. The third kappa shape index (κ3) is 2.53. The molecule has 0 aliphatic rings. The summed E-state index contributed by atoms with van der Waals surface area (Å²) in [7, 11) is 0. The average Bonchev–Trinajstić information content (AvgIpc) is 2.28. The van der Waals surface area contributed by atoms with Crippen molar-refractivity contribution in [3.63, 3.8) is 0 Å². The Balaban J connectivity index is 2.58. The number of benzene rings is 2. The van der Waals surface area contributed by atoms with Crippen molar-refractivity contribution in [1.82, 2.24) is 0 Å². The molecule has 0 unspecified atom stereocenters. The fourth-order valence-corrected chi connectivity index (χ4v) is 1.87. The molecule has 0 bridgehead atoms. The van der Waals surface area contributed by atoms with E-state index in [1.165, 1.54) is 30.3 Å². The van der Waals surface area contributed by atoms with Crippen LogP contribution in [-0.4, -0.2) is 5.91 Å². The highest BCUT2D eigenvalue weighted by atomic mass is 19.1. The Morgan fingerprint density at radius 3 is 2.50 bits per heavy atom. The molecule has 0 atom stereocenters. The number of primary amides is 1. The van der Waals surface area contributed by atoms with Crippen molar-refractivity contribution in [2.45, 2.75) is 6.42 Å². The van der Waals surface area contributed by atoms with Crippen LogP contribution < -0.4 is 5.73 Å². The first-order valence-corrected chi connectivity index (χ1v) is 5.39. The highest BCUT2D eigenvalue weighted by Gasteiger charge is 2.12. The molecule has 0 spiro atoms. The molecule has 2 aromatic carbocycles. The number of carbonyl (C=O) groups excluding carboxylic acids is 1. The van der Waals surface area contributed by atoms with Crippen LogP contribution in [-0.2, 0) is 11.2 Å². The zero-order valence-corrected chi connectivity index (χ0v) is 9.49. The predicted molar refractivity (Wildman–Crippen MR) is 64.7 cm³/mol. The van der Waals surface area contributed by atoms with E-state index in [9.17, 15) is 13.6 Å². The maximum absolute atomic E-state index is 13.8. The van der Waals surface area contributed by atoms with Crippen LogP contribution in [0.1, 0.15) is 5.56 Å². The second-order valence-electron chi connectivity index (χ2n) is 3.93. The molecule has 18 heavy (non-hydrogen) atoms. The second-order valence-corrected chi connectivity index (χ2v) is 3.93. The molecule has 0 aromatic heterocycles. The molecule has 2 rings (SSSR count). The molecule has 0 saturated carbocycles. The van der Waals surface area contributed by atoms with E-state index in [1.807, 2.05) is 0 Å². The normalized spacial score (nSPS) is 10.3. The van der Waals surface area contributed by atoms with Crippen molar-refractivity contribution in [3.8, 4) is 11.1 Å². The Hall–Kier alpha value is -2.23. The van der Waals surface area contributed by atoms with Crippen LogP contribution in [0.3, 0.4) is 0 Å². The minimum atomic E-state index is -0.557. The molecule has 1 amide bonds. The topological polar surface area (TPSA) is 43.1 Å². The first-order valence-electron chi connectivity index (χ1n) is 5.39. The van der Waals surface area contributed by atoms with E-state index in [0.29, 0.717) is 11.1 Å². The average molecular weight is 247 g/mol. The molecular formula is C14H11F2NO. The Morgan fingerprint density at radius 1 is 1.11 bits per heavy atom. The summed E-state index contributed by atoms with van der Waals surface area (Å²) in [5.74, 6) is -1.52. The van der Waals surface area contributed by atoms with E-state index in [4.69, 9.17) is 5.73 Å². The van der Waals surface area contributed by atoms with Gasteiger partial charge >= 0.3 is 0 Å². The second kappa shape index (κ2) is 4.96. The maximum Gasteiger partial charge on any atom is 0.221 e. The fourth-order valence-electron chi connectivity index (χ4n) is 1.87. The first kappa shape index (κ1) is 12.2. The lowest BCUT2D eigenvalue weighted by atomic mass is 9.97. The summed E-state index contributed by atoms with van der Waals surface area (Å²) in [4.78, 5) is 11.0. The van der Waals surface area contributed by atoms with Gasteiger partial charge in [-0.2, -0.15) is 0 Å². The Labute approximate surface area is 103 Å². The number of halogens is 2.